The molecule has 21 heavy (non-hydrogen) atoms. The van der Waals surface area contributed by atoms with Gasteiger partial charge >= 0.3 is 0 Å². The van der Waals surface area contributed by atoms with Gasteiger partial charge in [-0.3, -0.25) is 14.4 Å². The highest BCUT2D eigenvalue weighted by Crippen LogP contribution is 2.36. The number of ether oxygens (including phenoxy) is 1. The van der Waals surface area contributed by atoms with Gasteiger partial charge in [0.15, 0.2) is 0 Å². The Hall–Kier alpha value is -2.37. The van der Waals surface area contributed by atoms with E-state index in [1.54, 1.807) is 16.6 Å². The fraction of sp³-hybridized carbons (Fsp3) is 0.400. The molecule has 0 saturated carbocycles. The van der Waals surface area contributed by atoms with Crippen LogP contribution in [0.2, 0.25) is 0 Å². The standard InChI is InChI=1S/C15H18N4O2/c1-9-7-10(2)13-12(8-9)19(5-6-21-13)15(20)14-16-11(3)18(4)17-14/h7-8H,5-6H2,1-4H3. The summed E-state index contributed by atoms with van der Waals surface area (Å²) in [5.41, 5.74) is 2.93. The zero-order chi connectivity index (χ0) is 15.1. The van der Waals surface area contributed by atoms with Crippen LogP contribution in [0.3, 0.4) is 0 Å². The molecule has 2 aromatic rings. The van der Waals surface area contributed by atoms with Crippen molar-refractivity contribution in [2.24, 2.45) is 7.05 Å². The predicted molar refractivity (Wildman–Crippen MR) is 78.8 cm³/mol. The van der Waals surface area contributed by atoms with E-state index in [-0.39, 0.29) is 11.7 Å². The molecule has 1 aliphatic rings. The van der Waals surface area contributed by atoms with Gasteiger partial charge in [-0.2, -0.15) is 0 Å². The number of carbonyl (C=O) groups excluding carboxylic acids is 1. The van der Waals surface area contributed by atoms with Crippen LogP contribution in [0, 0.1) is 20.8 Å². The fourth-order valence-electron chi connectivity index (χ4n) is 2.56. The molecule has 3 rings (SSSR count). The van der Waals surface area contributed by atoms with Gasteiger partial charge in [0.25, 0.3) is 5.91 Å². The number of hydrogen-bond donors (Lipinski definition) is 0. The van der Waals surface area contributed by atoms with Crippen molar-refractivity contribution in [1.82, 2.24) is 14.8 Å². The third-order valence-corrected chi connectivity index (χ3v) is 3.67. The SMILES string of the molecule is Cc1cc(C)c2c(c1)N(C(=O)c1nc(C)n(C)n1)CCO2. The van der Waals surface area contributed by atoms with Gasteiger partial charge in [-0.05, 0) is 38.0 Å². The second-order valence-corrected chi connectivity index (χ2v) is 5.34. The Morgan fingerprint density at radius 1 is 1.29 bits per heavy atom. The second-order valence-electron chi connectivity index (χ2n) is 5.34. The van der Waals surface area contributed by atoms with Crippen LogP contribution < -0.4 is 9.64 Å². The first-order valence-corrected chi connectivity index (χ1v) is 6.91. The first-order chi connectivity index (χ1) is 9.97. The van der Waals surface area contributed by atoms with Gasteiger partial charge in [0.1, 0.15) is 18.2 Å². The highest BCUT2D eigenvalue weighted by Gasteiger charge is 2.28. The summed E-state index contributed by atoms with van der Waals surface area (Å²) in [4.78, 5) is 18.6. The maximum Gasteiger partial charge on any atom is 0.298 e. The van der Waals surface area contributed by atoms with Crippen molar-refractivity contribution >= 4 is 11.6 Å². The lowest BCUT2D eigenvalue weighted by Gasteiger charge is -2.30. The molecule has 110 valence electrons. The second kappa shape index (κ2) is 4.87. The van der Waals surface area contributed by atoms with E-state index < -0.39 is 0 Å². The van der Waals surface area contributed by atoms with Crippen molar-refractivity contribution in [3.8, 4) is 5.75 Å². The Morgan fingerprint density at radius 3 is 2.71 bits per heavy atom. The molecule has 2 heterocycles. The minimum Gasteiger partial charge on any atom is -0.489 e. The van der Waals surface area contributed by atoms with Gasteiger partial charge in [0, 0.05) is 7.05 Å². The van der Waals surface area contributed by atoms with E-state index in [9.17, 15) is 4.79 Å². The smallest absolute Gasteiger partial charge is 0.298 e. The third-order valence-electron chi connectivity index (χ3n) is 3.67. The fourth-order valence-corrected chi connectivity index (χ4v) is 2.56. The quantitative estimate of drug-likeness (QED) is 0.801. The van der Waals surface area contributed by atoms with Gasteiger partial charge in [0.2, 0.25) is 5.82 Å². The maximum absolute atomic E-state index is 12.7. The summed E-state index contributed by atoms with van der Waals surface area (Å²) in [6.45, 7) is 6.81. The Bertz CT molecular complexity index is 701. The average molecular weight is 286 g/mol. The van der Waals surface area contributed by atoms with Gasteiger partial charge < -0.3 is 4.74 Å². The molecule has 0 spiro atoms. The van der Waals surface area contributed by atoms with Crippen molar-refractivity contribution in [2.75, 3.05) is 18.1 Å². The van der Waals surface area contributed by atoms with Crippen LogP contribution in [0.5, 0.6) is 5.75 Å². The van der Waals surface area contributed by atoms with E-state index in [1.165, 1.54) is 0 Å². The van der Waals surface area contributed by atoms with Gasteiger partial charge in [-0.25, -0.2) is 4.98 Å². The number of anilines is 1. The summed E-state index contributed by atoms with van der Waals surface area (Å²) in [6.07, 6.45) is 0. The molecule has 0 N–H and O–H groups in total. The van der Waals surface area contributed by atoms with Crippen molar-refractivity contribution < 1.29 is 9.53 Å². The minimum atomic E-state index is -0.187. The summed E-state index contributed by atoms with van der Waals surface area (Å²) in [5.74, 6) is 1.52. The molecule has 1 aromatic heterocycles. The minimum absolute atomic E-state index is 0.187. The molecule has 6 heteroatoms. The molecule has 1 amide bonds. The van der Waals surface area contributed by atoms with Gasteiger partial charge in [-0.1, -0.05) is 6.07 Å². The molecular formula is C15H18N4O2. The summed E-state index contributed by atoms with van der Waals surface area (Å²) >= 11 is 0. The topological polar surface area (TPSA) is 60.2 Å². The molecule has 6 nitrogen and oxygen atoms in total. The van der Waals surface area contributed by atoms with E-state index in [0.717, 1.165) is 22.6 Å². The lowest BCUT2D eigenvalue weighted by molar-refractivity contribution is 0.0966. The molecule has 0 aliphatic carbocycles. The van der Waals surface area contributed by atoms with E-state index in [2.05, 4.69) is 16.1 Å². The molecule has 0 unspecified atom stereocenters. The number of aryl methyl sites for hydroxylation is 4. The Balaban J connectivity index is 2.04. The molecule has 0 saturated heterocycles. The molecule has 0 bridgehead atoms. The first-order valence-electron chi connectivity index (χ1n) is 6.91. The summed E-state index contributed by atoms with van der Waals surface area (Å²) in [5, 5.41) is 4.18. The number of hydrogen-bond acceptors (Lipinski definition) is 4. The molecule has 0 fully saturated rings. The van der Waals surface area contributed by atoms with Crippen LogP contribution >= 0.6 is 0 Å². The van der Waals surface area contributed by atoms with Crippen LogP contribution in [-0.2, 0) is 7.05 Å². The van der Waals surface area contributed by atoms with Crippen molar-refractivity contribution in [3.63, 3.8) is 0 Å². The molecule has 0 radical (unpaired) electrons. The van der Waals surface area contributed by atoms with E-state index in [1.807, 2.05) is 26.8 Å². The van der Waals surface area contributed by atoms with Crippen molar-refractivity contribution in [1.29, 1.82) is 0 Å². The number of benzene rings is 1. The Labute approximate surface area is 123 Å². The maximum atomic E-state index is 12.7. The molecule has 0 atom stereocenters. The monoisotopic (exact) mass is 286 g/mol. The van der Waals surface area contributed by atoms with Crippen molar-refractivity contribution in [2.45, 2.75) is 20.8 Å². The Morgan fingerprint density at radius 2 is 2.05 bits per heavy atom. The van der Waals surface area contributed by atoms with Crippen molar-refractivity contribution in [3.05, 3.63) is 34.9 Å². The predicted octanol–water partition coefficient (Wildman–Crippen LogP) is 1.78. The van der Waals surface area contributed by atoms with Crippen LogP contribution in [0.15, 0.2) is 12.1 Å². The highest BCUT2D eigenvalue weighted by molar-refractivity contribution is 6.04. The number of rotatable bonds is 1. The summed E-state index contributed by atoms with van der Waals surface area (Å²) in [7, 11) is 1.78. The van der Waals surface area contributed by atoms with Gasteiger partial charge in [-0.15, -0.1) is 5.10 Å². The van der Waals surface area contributed by atoms with E-state index in [4.69, 9.17) is 4.74 Å². The summed E-state index contributed by atoms with van der Waals surface area (Å²) < 4.78 is 7.32. The molecule has 1 aliphatic heterocycles. The zero-order valence-corrected chi connectivity index (χ0v) is 12.7. The van der Waals surface area contributed by atoms with Crippen LogP contribution in [0.1, 0.15) is 27.6 Å². The first kappa shape index (κ1) is 13.6. The number of fused-ring (bicyclic) bond motifs is 1. The lowest BCUT2D eigenvalue weighted by atomic mass is 10.1. The Kier molecular flexibility index (Phi) is 3.16. The lowest BCUT2D eigenvalue weighted by Crippen LogP contribution is -2.38. The normalized spacial score (nSPS) is 13.8. The molecular weight excluding hydrogens is 268 g/mol. The van der Waals surface area contributed by atoms with Gasteiger partial charge in [0.05, 0.1) is 12.2 Å². The third kappa shape index (κ3) is 2.26. The number of nitrogens with zero attached hydrogens (tertiary/aromatic N) is 4. The summed E-state index contributed by atoms with van der Waals surface area (Å²) in [6, 6.07) is 4.02. The zero-order valence-electron chi connectivity index (χ0n) is 12.7. The largest absolute Gasteiger partial charge is 0.489 e. The van der Waals surface area contributed by atoms with Crippen LogP contribution in [0.4, 0.5) is 5.69 Å². The molecule has 1 aromatic carbocycles. The average Bonchev–Trinajstić information content (AvgIpc) is 2.77. The number of amides is 1. The number of carbonyl (C=O) groups is 1. The van der Waals surface area contributed by atoms with E-state index in [0.29, 0.717) is 19.0 Å². The number of aromatic nitrogens is 3. The van der Waals surface area contributed by atoms with E-state index >= 15 is 0 Å². The highest BCUT2D eigenvalue weighted by atomic mass is 16.5. The van der Waals surface area contributed by atoms with Crippen LogP contribution in [0.25, 0.3) is 0 Å². The van der Waals surface area contributed by atoms with Crippen LogP contribution in [-0.4, -0.2) is 33.8 Å².